The van der Waals surface area contributed by atoms with Crippen LogP contribution >= 0.6 is 0 Å². The zero-order valence-electron chi connectivity index (χ0n) is 9.14. The molecule has 3 rings (SSSR count). The molecule has 1 heterocycles. The Morgan fingerprint density at radius 3 is 2.65 bits per heavy atom. The fourth-order valence-corrected chi connectivity index (χ4v) is 1.86. The van der Waals surface area contributed by atoms with E-state index in [1.54, 1.807) is 12.1 Å². The molecule has 0 spiro atoms. The van der Waals surface area contributed by atoms with Gasteiger partial charge in [0.25, 0.3) is 0 Å². The van der Waals surface area contributed by atoms with Gasteiger partial charge in [-0.25, -0.2) is 4.98 Å². The second-order valence-electron chi connectivity index (χ2n) is 3.95. The van der Waals surface area contributed by atoms with E-state index in [9.17, 15) is 0 Å². The number of rotatable bonds is 1. The Kier molecular flexibility index (Phi) is 2.01. The van der Waals surface area contributed by atoms with Gasteiger partial charge in [-0.15, -0.1) is 0 Å². The minimum atomic E-state index is 0.665. The number of nitrogen functional groups attached to an aromatic ring is 2. The zero-order chi connectivity index (χ0) is 11.8. The van der Waals surface area contributed by atoms with Gasteiger partial charge in [0.2, 0.25) is 0 Å². The molecule has 0 aliphatic carbocycles. The van der Waals surface area contributed by atoms with Crippen LogP contribution in [0.3, 0.4) is 0 Å². The van der Waals surface area contributed by atoms with Crippen molar-refractivity contribution in [3.05, 3.63) is 42.5 Å². The first-order valence-corrected chi connectivity index (χ1v) is 5.34. The average Bonchev–Trinajstić information content (AvgIpc) is 2.75. The van der Waals surface area contributed by atoms with Crippen LogP contribution in [0.2, 0.25) is 0 Å². The van der Waals surface area contributed by atoms with E-state index in [0.717, 1.165) is 22.4 Å². The van der Waals surface area contributed by atoms with E-state index >= 15 is 0 Å². The van der Waals surface area contributed by atoms with Gasteiger partial charge in [0.05, 0.1) is 11.0 Å². The SMILES string of the molecule is Nc1ccc(N)c(-c2nc3ccccc3[nH]2)c1. The van der Waals surface area contributed by atoms with E-state index in [2.05, 4.69) is 9.97 Å². The van der Waals surface area contributed by atoms with Gasteiger partial charge >= 0.3 is 0 Å². The molecule has 84 valence electrons. The van der Waals surface area contributed by atoms with Crippen LogP contribution in [-0.2, 0) is 0 Å². The molecule has 0 unspecified atom stereocenters. The number of anilines is 2. The Morgan fingerprint density at radius 1 is 1.00 bits per heavy atom. The van der Waals surface area contributed by atoms with Crippen LogP contribution < -0.4 is 11.5 Å². The van der Waals surface area contributed by atoms with Gasteiger partial charge in [-0.2, -0.15) is 0 Å². The van der Waals surface area contributed by atoms with Gasteiger partial charge < -0.3 is 16.5 Å². The molecule has 5 N–H and O–H groups in total. The lowest BCUT2D eigenvalue weighted by atomic mass is 10.1. The third kappa shape index (κ3) is 1.59. The summed E-state index contributed by atoms with van der Waals surface area (Å²) in [5.41, 5.74) is 15.8. The van der Waals surface area contributed by atoms with Gasteiger partial charge in [-0.05, 0) is 30.3 Å². The topological polar surface area (TPSA) is 80.7 Å². The maximum absolute atomic E-state index is 5.93. The quantitative estimate of drug-likeness (QED) is 0.555. The van der Waals surface area contributed by atoms with Crippen LogP contribution in [0.15, 0.2) is 42.5 Å². The summed E-state index contributed by atoms with van der Waals surface area (Å²) in [4.78, 5) is 7.73. The van der Waals surface area contributed by atoms with E-state index in [1.807, 2.05) is 30.3 Å². The fraction of sp³-hybridized carbons (Fsp3) is 0. The van der Waals surface area contributed by atoms with Crippen LogP contribution in [0.4, 0.5) is 11.4 Å². The van der Waals surface area contributed by atoms with Crippen molar-refractivity contribution in [2.45, 2.75) is 0 Å². The summed E-state index contributed by atoms with van der Waals surface area (Å²) in [7, 11) is 0. The summed E-state index contributed by atoms with van der Waals surface area (Å²) in [6, 6.07) is 13.3. The Morgan fingerprint density at radius 2 is 1.82 bits per heavy atom. The van der Waals surface area contributed by atoms with Gasteiger partial charge in [0.15, 0.2) is 0 Å². The third-order valence-corrected chi connectivity index (χ3v) is 2.72. The van der Waals surface area contributed by atoms with Crippen LogP contribution in [0.1, 0.15) is 0 Å². The standard InChI is InChI=1S/C13H12N4/c14-8-5-6-10(15)9(7-8)13-16-11-3-1-2-4-12(11)17-13/h1-7H,14-15H2,(H,16,17). The second-order valence-corrected chi connectivity index (χ2v) is 3.95. The lowest BCUT2D eigenvalue weighted by Gasteiger charge is -2.03. The molecule has 0 aliphatic heterocycles. The number of imidazole rings is 1. The smallest absolute Gasteiger partial charge is 0.140 e. The normalized spacial score (nSPS) is 10.8. The third-order valence-electron chi connectivity index (χ3n) is 2.72. The molecule has 0 atom stereocenters. The summed E-state index contributed by atoms with van der Waals surface area (Å²) in [5, 5.41) is 0. The number of aromatic nitrogens is 2. The highest BCUT2D eigenvalue weighted by Crippen LogP contribution is 2.27. The van der Waals surface area contributed by atoms with Crippen molar-refractivity contribution in [1.82, 2.24) is 9.97 Å². The first-order chi connectivity index (χ1) is 8.24. The van der Waals surface area contributed by atoms with Crippen molar-refractivity contribution in [2.24, 2.45) is 0 Å². The van der Waals surface area contributed by atoms with E-state index in [-0.39, 0.29) is 0 Å². The number of hydrogen-bond donors (Lipinski definition) is 3. The summed E-state index contributed by atoms with van der Waals surface area (Å²) in [6.07, 6.45) is 0. The van der Waals surface area contributed by atoms with Crippen molar-refractivity contribution < 1.29 is 0 Å². The Balaban J connectivity index is 2.23. The number of H-pyrrole nitrogens is 1. The molecule has 0 bridgehead atoms. The molecule has 0 aliphatic rings. The largest absolute Gasteiger partial charge is 0.399 e. The minimum Gasteiger partial charge on any atom is -0.399 e. The highest BCUT2D eigenvalue weighted by molar-refractivity contribution is 5.83. The number of fused-ring (bicyclic) bond motifs is 1. The number of aromatic amines is 1. The molecule has 4 heteroatoms. The zero-order valence-corrected chi connectivity index (χ0v) is 9.14. The molecule has 17 heavy (non-hydrogen) atoms. The van der Waals surface area contributed by atoms with Gasteiger partial charge in [-0.1, -0.05) is 12.1 Å². The second kappa shape index (κ2) is 3.52. The maximum atomic E-state index is 5.93. The van der Waals surface area contributed by atoms with Gasteiger partial charge in [-0.3, -0.25) is 0 Å². The fourth-order valence-electron chi connectivity index (χ4n) is 1.86. The lowest BCUT2D eigenvalue weighted by molar-refractivity contribution is 1.34. The van der Waals surface area contributed by atoms with Crippen LogP contribution in [0.5, 0.6) is 0 Å². The number of benzene rings is 2. The molecule has 3 aromatic rings. The van der Waals surface area contributed by atoms with E-state index in [4.69, 9.17) is 11.5 Å². The molecule has 2 aromatic carbocycles. The predicted octanol–water partition coefficient (Wildman–Crippen LogP) is 2.39. The van der Waals surface area contributed by atoms with Crippen molar-refractivity contribution in [2.75, 3.05) is 11.5 Å². The van der Waals surface area contributed by atoms with Crippen LogP contribution in [0, 0.1) is 0 Å². The van der Waals surface area contributed by atoms with E-state index in [1.165, 1.54) is 0 Å². The average molecular weight is 224 g/mol. The monoisotopic (exact) mass is 224 g/mol. The molecular weight excluding hydrogens is 212 g/mol. The summed E-state index contributed by atoms with van der Waals surface area (Å²) < 4.78 is 0. The number of nitrogens with one attached hydrogen (secondary N) is 1. The van der Waals surface area contributed by atoms with Crippen molar-refractivity contribution in [3.63, 3.8) is 0 Å². The number of para-hydroxylation sites is 2. The van der Waals surface area contributed by atoms with Crippen LogP contribution in [-0.4, -0.2) is 9.97 Å². The van der Waals surface area contributed by atoms with E-state index < -0.39 is 0 Å². The molecule has 0 amide bonds. The molecule has 0 radical (unpaired) electrons. The molecular formula is C13H12N4. The molecule has 0 saturated heterocycles. The van der Waals surface area contributed by atoms with Crippen molar-refractivity contribution in [3.8, 4) is 11.4 Å². The Labute approximate surface area is 98.3 Å². The highest BCUT2D eigenvalue weighted by Gasteiger charge is 2.08. The number of nitrogens with two attached hydrogens (primary N) is 2. The summed E-state index contributed by atoms with van der Waals surface area (Å²) in [6.45, 7) is 0. The first kappa shape index (κ1) is 9.72. The maximum Gasteiger partial charge on any atom is 0.140 e. The highest BCUT2D eigenvalue weighted by atomic mass is 14.9. The minimum absolute atomic E-state index is 0.665. The number of hydrogen-bond acceptors (Lipinski definition) is 3. The van der Waals surface area contributed by atoms with Gasteiger partial charge in [0.1, 0.15) is 5.82 Å². The molecule has 1 aromatic heterocycles. The Hall–Kier alpha value is -2.49. The van der Waals surface area contributed by atoms with E-state index in [0.29, 0.717) is 11.4 Å². The predicted molar refractivity (Wildman–Crippen MR) is 70.4 cm³/mol. The van der Waals surface area contributed by atoms with Crippen molar-refractivity contribution >= 4 is 22.4 Å². The molecule has 4 nitrogen and oxygen atoms in total. The molecule has 0 fully saturated rings. The number of nitrogens with zero attached hydrogens (tertiary/aromatic N) is 1. The lowest BCUT2D eigenvalue weighted by Crippen LogP contribution is -1.93. The first-order valence-electron chi connectivity index (χ1n) is 5.34. The Bertz CT molecular complexity index is 652. The van der Waals surface area contributed by atoms with Crippen molar-refractivity contribution in [1.29, 1.82) is 0 Å². The van der Waals surface area contributed by atoms with Crippen LogP contribution in [0.25, 0.3) is 22.4 Å². The summed E-state index contributed by atoms with van der Waals surface area (Å²) >= 11 is 0. The molecule has 0 saturated carbocycles. The summed E-state index contributed by atoms with van der Waals surface area (Å²) in [5.74, 6) is 0.746. The van der Waals surface area contributed by atoms with Gasteiger partial charge in [0, 0.05) is 16.9 Å².